The highest BCUT2D eigenvalue weighted by molar-refractivity contribution is 7.18. The van der Waals surface area contributed by atoms with Crippen molar-refractivity contribution >= 4 is 27.7 Å². The second kappa shape index (κ2) is 3.32. The van der Waals surface area contributed by atoms with Gasteiger partial charge < -0.3 is 5.73 Å². The third-order valence-electron chi connectivity index (χ3n) is 2.78. The maximum atomic E-state index is 6.08. The Bertz CT molecular complexity index is 511. The molecule has 15 heavy (non-hydrogen) atoms. The van der Waals surface area contributed by atoms with Crippen molar-refractivity contribution in [2.75, 3.05) is 5.73 Å². The van der Waals surface area contributed by atoms with Gasteiger partial charge in [0.05, 0.1) is 5.00 Å². The normalized spacial score (nSPS) is 14.5. The molecule has 0 aliphatic heterocycles. The Kier molecular flexibility index (Phi) is 2.07. The molecule has 0 fully saturated rings. The van der Waals surface area contributed by atoms with E-state index >= 15 is 0 Å². The van der Waals surface area contributed by atoms with Gasteiger partial charge in [-0.3, -0.25) is 0 Å². The number of thiophene rings is 1. The molecule has 0 radical (unpaired) electrons. The lowest BCUT2D eigenvalue weighted by atomic mass is 10.1. The van der Waals surface area contributed by atoms with E-state index in [0.717, 1.165) is 15.7 Å². The van der Waals surface area contributed by atoms with Crippen molar-refractivity contribution in [2.45, 2.75) is 26.2 Å². The van der Waals surface area contributed by atoms with E-state index in [2.05, 4.69) is 10.4 Å². The van der Waals surface area contributed by atoms with Crippen LogP contribution in [0.25, 0.3) is 10.6 Å². The molecule has 0 aromatic carbocycles. The highest BCUT2D eigenvalue weighted by Gasteiger charge is 2.23. The summed E-state index contributed by atoms with van der Waals surface area (Å²) in [6, 6.07) is 0. The van der Waals surface area contributed by atoms with Crippen LogP contribution in [0.2, 0.25) is 0 Å². The first-order valence-electron chi connectivity index (χ1n) is 5.08. The lowest BCUT2D eigenvalue weighted by molar-refractivity contribution is 0.915. The minimum Gasteiger partial charge on any atom is -0.390 e. The molecular weight excluding hydrogens is 224 g/mol. The molecule has 2 N–H and O–H groups in total. The average molecular weight is 236 g/mol. The molecule has 2 aromatic heterocycles. The number of rotatable bonds is 1. The maximum Gasteiger partial charge on any atom is 0.126 e. The van der Waals surface area contributed by atoms with Crippen LogP contribution in [-0.2, 0) is 12.8 Å². The topological polar surface area (TPSA) is 38.9 Å². The monoisotopic (exact) mass is 236 g/mol. The van der Waals surface area contributed by atoms with E-state index in [1.165, 1.54) is 35.3 Å². The first-order valence-corrected chi connectivity index (χ1v) is 6.78. The molecule has 0 bridgehead atoms. The van der Waals surface area contributed by atoms with Gasteiger partial charge in [-0.05, 0) is 31.7 Å². The van der Waals surface area contributed by atoms with Crippen LogP contribution < -0.4 is 5.73 Å². The van der Waals surface area contributed by atoms with Gasteiger partial charge in [0.1, 0.15) is 5.01 Å². The SMILES string of the molecule is Cc1csc(-c2c(N)sc3c2CCC3)n1. The minimum absolute atomic E-state index is 0.953. The van der Waals surface area contributed by atoms with E-state index in [-0.39, 0.29) is 0 Å². The summed E-state index contributed by atoms with van der Waals surface area (Å²) >= 11 is 3.46. The van der Waals surface area contributed by atoms with Gasteiger partial charge in [-0.15, -0.1) is 22.7 Å². The molecule has 1 aliphatic carbocycles. The summed E-state index contributed by atoms with van der Waals surface area (Å²) in [5.74, 6) is 0. The Morgan fingerprint density at radius 2 is 2.27 bits per heavy atom. The zero-order valence-corrected chi connectivity index (χ0v) is 10.2. The number of hydrogen-bond donors (Lipinski definition) is 1. The Labute approximate surface area is 96.8 Å². The Balaban J connectivity index is 2.19. The molecule has 0 saturated heterocycles. The van der Waals surface area contributed by atoms with Gasteiger partial charge in [-0.25, -0.2) is 4.98 Å². The van der Waals surface area contributed by atoms with E-state index in [1.807, 2.05) is 6.92 Å². The number of nitrogens with zero attached hydrogens (tertiary/aromatic N) is 1. The van der Waals surface area contributed by atoms with Crippen molar-refractivity contribution < 1.29 is 0 Å². The number of nitrogens with two attached hydrogens (primary N) is 1. The molecule has 2 heterocycles. The van der Waals surface area contributed by atoms with E-state index in [0.29, 0.717) is 0 Å². The number of aryl methyl sites for hydroxylation is 2. The molecule has 78 valence electrons. The highest BCUT2D eigenvalue weighted by atomic mass is 32.1. The molecule has 4 heteroatoms. The summed E-state index contributed by atoms with van der Waals surface area (Å²) in [5.41, 5.74) is 9.86. The molecule has 2 nitrogen and oxygen atoms in total. The Morgan fingerprint density at radius 3 is 3.00 bits per heavy atom. The molecule has 2 aromatic rings. The molecule has 0 spiro atoms. The van der Waals surface area contributed by atoms with Crippen molar-refractivity contribution in [2.24, 2.45) is 0 Å². The van der Waals surface area contributed by atoms with E-state index in [4.69, 9.17) is 5.73 Å². The van der Waals surface area contributed by atoms with Crippen LogP contribution in [0.3, 0.4) is 0 Å². The summed E-state index contributed by atoms with van der Waals surface area (Å²) in [5, 5.41) is 4.15. The van der Waals surface area contributed by atoms with E-state index in [1.54, 1.807) is 22.7 Å². The van der Waals surface area contributed by atoms with Crippen LogP contribution in [0.15, 0.2) is 5.38 Å². The minimum atomic E-state index is 0.953. The van der Waals surface area contributed by atoms with Crippen LogP contribution in [0.5, 0.6) is 0 Å². The second-order valence-electron chi connectivity index (χ2n) is 3.89. The van der Waals surface area contributed by atoms with Crippen molar-refractivity contribution in [3.05, 3.63) is 21.5 Å². The molecule has 0 unspecified atom stereocenters. The number of hydrogen-bond acceptors (Lipinski definition) is 4. The first-order chi connectivity index (χ1) is 7.25. The predicted molar refractivity (Wildman–Crippen MR) is 66.6 cm³/mol. The van der Waals surface area contributed by atoms with Gasteiger partial charge in [0.25, 0.3) is 0 Å². The van der Waals surface area contributed by atoms with Gasteiger partial charge in [-0.1, -0.05) is 0 Å². The third kappa shape index (κ3) is 1.40. The van der Waals surface area contributed by atoms with Gasteiger partial charge in [-0.2, -0.15) is 0 Å². The molecule has 0 saturated carbocycles. The summed E-state index contributed by atoms with van der Waals surface area (Å²) in [7, 11) is 0. The molecular formula is C11H12N2S2. The van der Waals surface area contributed by atoms with Crippen molar-refractivity contribution in [3.8, 4) is 10.6 Å². The summed E-state index contributed by atoms with van der Waals surface area (Å²) in [6.07, 6.45) is 3.66. The van der Waals surface area contributed by atoms with Gasteiger partial charge in [0.15, 0.2) is 0 Å². The molecule has 3 rings (SSSR count). The summed E-state index contributed by atoms with van der Waals surface area (Å²) in [6.45, 7) is 2.03. The predicted octanol–water partition coefficient (Wildman–Crippen LogP) is 3.25. The number of anilines is 1. The fourth-order valence-corrected chi connectivity index (χ4v) is 4.24. The largest absolute Gasteiger partial charge is 0.390 e. The van der Waals surface area contributed by atoms with Gasteiger partial charge in [0.2, 0.25) is 0 Å². The Hall–Kier alpha value is -0.870. The zero-order valence-electron chi connectivity index (χ0n) is 8.54. The number of fused-ring (bicyclic) bond motifs is 1. The van der Waals surface area contributed by atoms with Crippen LogP contribution >= 0.6 is 22.7 Å². The fraction of sp³-hybridized carbons (Fsp3) is 0.364. The van der Waals surface area contributed by atoms with Crippen molar-refractivity contribution in [3.63, 3.8) is 0 Å². The van der Waals surface area contributed by atoms with Gasteiger partial charge >= 0.3 is 0 Å². The molecule has 0 atom stereocenters. The summed E-state index contributed by atoms with van der Waals surface area (Å²) < 4.78 is 0. The number of nitrogen functional groups attached to an aromatic ring is 1. The third-order valence-corrected chi connectivity index (χ3v) is 4.88. The number of thiazole rings is 1. The lowest BCUT2D eigenvalue weighted by Gasteiger charge is -1.98. The Morgan fingerprint density at radius 1 is 1.40 bits per heavy atom. The van der Waals surface area contributed by atoms with Crippen molar-refractivity contribution in [1.29, 1.82) is 0 Å². The van der Waals surface area contributed by atoms with Crippen LogP contribution in [-0.4, -0.2) is 4.98 Å². The van der Waals surface area contributed by atoms with Gasteiger partial charge in [0, 0.05) is 21.5 Å². The lowest BCUT2D eigenvalue weighted by Crippen LogP contribution is -1.87. The smallest absolute Gasteiger partial charge is 0.126 e. The maximum absolute atomic E-state index is 6.08. The summed E-state index contributed by atoms with van der Waals surface area (Å²) in [4.78, 5) is 6.02. The second-order valence-corrected chi connectivity index (χ2v) is 5.89. The van der Waals surface area contributed by atoms with E-state index in [9.17, 15) is 0 Å². The molecule has 0 amide bonds. The van der Waals surface area contributed by atoms with Crippen LogP contribution in [0.4, 0.5) is 5.00 Å². The zero-order chi connectivity index (χ0) is 10.4. The first kappa shape index (κ1) is 9.36. The van der Waals surface area contributed by atoms with E-state index < -0.39 is 0 Å². The number of aromatic nitrogens is 1. The highest BCUT2D eigenvalue weighted by Crippen LogP contribution is 2.44. The van der Waals surface area contributed by atoms with Crippen molar-refractivity contribution in [1.82, 2.24) is 4.98 Å². The van der Waals surface area contributed by atoms with Crippen LogP contribution in [0.1, 0.15) is 22.6 Å². The average Bonchev–Trinajstić information content (AvgIpc) is 2.81. The fourth-order valence-electron chi connectivity index (χ4n) is 2.13. The standard InChI is InChI=1S/C11H12N2S2/c1-6-5-14-11(13-6)9-7-3-2-4-8(7)15-10(9)12/h5H,2-4,12H2,1H3. The molecule has 1 aliphatic rings. The van der Waals surface area contributed by atoms with Crippen LogP contribution in [0, 0.1) is 6.92 Å². The quantitative estimate of drug-likeness (QED) is 0.825.